The summed E-state index contributed by atoms with van der Waals surface area (Å²) in [7, 11) is -3.76. The van der Waals surface area contributed by atoms with Crippen molar-refractivity contribution in [1.29, 1.82) is 0 Å². The van der Waals surface area contributed by atoms with Crippen molar-refractivity contribution in [2.45, 2.75) is 103 Å². The first-order valence-electron chi connectivity index (χ1n) is 13.6. The van der Waals surface area contributed by atoms with Crippen molar-refractivity contribution < 1.29 is 8.85 Å². The van der Waals surface area contributed by atoms with Crippen molar-refractivity contribution in [3.05, 3.63) is 82.9 Å². The molecular formula is C32H46O2Si2. The van der Waals surface area contributed by atoms with Crippen LogP contribution in [0.5, 0.6) is 0 Å². The minimum absolute atomic E-state index is 0.0663. The van der Waals surface area contributed by atoms with Gasteiger partial charge in [-0.1, -0.05) is 90.1 Å². The van der Waals surface area contributed by atoms with E-state index in [1.54, 1.807) is 0 Å². The molecule has 2 aromatic carbocycles. The average molecular weight is 519 g/mol. The van der Waals surface area contributed by atoms with E-state index in [-0.39, 0.29) is 22.3 Å². The third-order valence-electron chi connectivity index (χ3n) is 9.05. The number of benzene rings is 2. The molecule has 0 aliphatic heterocycles. The van der Waals surface area contributed by atoms with Crippen LogP contribution in [-0.2, 0) is 8.85 Å². The van der Waals surface area contributed by atoms with E-state index in [0.717, 1.165) is 12.8 Å². The van der Waals surface area contributed by atoms with Crippen LogP contribution in [0.3, 0.4) is 0 Å². The standard InChI is InChI=1S/C32H46O2Si2/c1-31(2,3)35(7,8)33-29-21-23(25-15-11-13-17-27(25)29)19-20-24-22-30(28-18-14-12-16-26(24)28)34-36(9,10)32(4,5)6/h11-18,21-22,29-30H,19-20H2,1-10H3/t29-,30+. The Labute approximate surface area is 222 Å². The SMILES string of the molecule is CC(C)(C)[Si](C)(C)O[C@H]1C=C(CCC2=C[C@@H](O[Si](C)(C)C(C)(C)C)c3ccccc32)c2ccccc21. The van der Waals surface area contributed by atoms with Crippen molar-refractivity contribution in [3.8, 4) is 0 Å². The highest BCUT2D eigenvalue weighted by atomic mass is 28.4. The van der Waals surface area contributed by atoms with E-state index in [9.17, 15) is 0 Å². The summed E-state index contributed by atoms with van der Waals surface area (Å²) in [4.78, 5) is 0. The summed E-state index contributed by atoms with van der Waals surface area (Å²) in [5.74, 6) is 0. The summed E-state index contributed by atoms with van der Waals surface area (Å²) >= 11 is 0. The van der Waals surface area contributed by atoms with Crippen LogP contribution >= 0.6 is 0 Å². The van der Waals surface area contributed by atoms with Crippen LogP contribution in [0, 0.1) is 0 Å². The third-order valence-corrected chi connectivity index (χ3v) is 18.0. The molecule has 36 heavy (non-hydrogen) atoms. The molecule has 194 valence electrons. The van der Waals surface area contributed by atoms with Crippen molar-refractivity contribution in [3.63, 3.8) is 0 Å². The highest BCUT2D eigenvalue weighted by molar-refractivity contribution is 6.74. The fourth-order valence-electron chi connectivity index (χ4n) is 4.69. The predicted molar refractivity (Wildman–Crippen MR) is 160 cm³/mol. The molecule has 0 fully saturated rings. The molecule has 0 heterocycles. The summed E-state index contributed by atoms with van der Waals surface area (Å²) in [5.41, 5.74) is 8.22. The smallest absolute Gasteiger partial charge is 0.193 e. The monoisotopic (exact) mass is 518 g/mol. The van der Waals surface area contributed by atoms with Crippen molar-refractivity contribution >= 4 is 27.8 Å². The van der Waals surface area contributed by atoms with E-state index >= 15 is 0 Å². The minimum atomic E-state index is -1.88. The molecule has 0 amide bonds. The lowest BCUT2D eigenvalue weighted by atomic mass is 9.96. The Kier molecular flexibility index (Phi) is 7.24. The number of rotatable bonds is 7. The summed E-state index contributed by atoms with van der Waals surface area (Å²) in [6.07, 6.45) is 6.96. The van der Waals surface area contributed by atoms with Gasteiger partial charge in [-0.25, -0.2) is 0 Å². The van der Waals surface area contributed by atoms with Crippen LogP contribution < -0.4 is 0 Å². The quantitative estimate of drug-likeness (QED) is 0.339. The fourth-order valence-corrected chi connectivity index (χ4v) is 7.06. The van der Waals surface area contributed by atoms with Gasteiger partial charge in [-0.3, -0.25) is 0 Å². The molecule has 0 N–H and O–H groups in total. The van der Waals surface area contributed by atoms with Gasteiger partial charge in [-0.15, -0.1) is 0 Å². The van der Waals surface area contributed by atoms with Gasteiger partial charge >= 0.3 is 0 Å². The van der Waals surface area contributed by atoms with Gasteiger partial charge in [0.05, 0.1) is 12.2 Å². The fraction of sp³-hybridized carbons (Fsp3) is 0.500. The first kappa shape index (κ1) is 27.3. The maximum atomic E-state index is 6.88. The lowest BCUT2D eigenvalue weighted by molar-refractivity contribution is 0.232. The molecule has 0 bridgehead atoms. The van der Waals surface area contributed by atoms with E-state index in [1.165, 1.54) is 33.4 Å². The molecule has 0 spiro atoms. The van der Waals surface area contributed by atoms with Gasteiger partial charge in [0.2, 0.25) is 0 Å². The van der Waals surface area contributed by atoms with Gasteiger partial charge in [0.1, 0.15) is 0 Å². The van der Waals surface area contributed by atoms with E-state index in [2.05, 4.69) is 128 Å². The van der Waals surface area contributed by atoms with Gasteiger partial charge < -0.3 is 8.85 Å². The second kappa shape index (κ2) is 9.54. The minimum Gasteiger partial charge on any atom is -0.406 e. The molecule has 0 unspecified atom stereocenters. The van der Waals surface area contributed by atoms with Crippen LogP contribution in [0.4, 0.5) is 0 Å². The maximum absolute atomic E-state index is 6.88. The summed E-state index contributed by atoms with van der Waals surface area (Å²) in [6, 6.07) is 17.7. The van der Waals surface area contributed by atoms with Crippen LogP contribution in [0.15, 0.2) is 60.7 Å². The lowest BCUT2D eigenvalue weighted by Gasteiger charge is -2.38. The average Bonchev–Trinajstić information content (AvgIpc) is 3.28. The zero-order valence-corrected chi connectivity index (χ0v) is 26.2. The summed E-state index contributed by atoms with van der Waals surface area (Å²) < 4.78 is 13.8. The third kappa shape index (κ3) is 5.29. The molecule has 2 aliphatic rings. The Balaban J connectivity index is 1.57. The van der Waals surface area contributed by atoms with E-state index in [0.29, 0.717) is 0 Å². The molecule has 0 saturated carbocycles. The molecule has 0 aromatic heterocycles. The molecule has 0 saturated heterocycles. The molecule has 2 aliphatic carbocycles. The molecule has 2 aromatic rings. The van der Waals surface area contributed by atoms with Gasteiger partial charge in [-0.05, 0) is 94.7 Å². The molecular weight excluding hydrogens is 473 g/mol. The normalized spacial score (nSPS) is 20.2. The van der Waals surface area contributed by atoms with Gasteiger partial charge in [0.25, 0.3) is 0 Å². The number of fused-ring (bicyclic) bond motifs is 2. The molecule has 2 atom stereocenters. The Morgan fingerprint density at radius 1 is 0.583 bits per heavy atom. The zero-order chi connectivity index (χ0) is 26.5. The lowest BCUT2D eigenvalue weighted by Crippen LogP contribution is -2.41. The summed E-state index contributed by atoms with van der Waals surface area (Å²) in [5, 5.41) is 0.381. The Hall–Kier alpha value is -1.73. The van der Waals surface area contributed by atoms with Crippen LogP contribution in [0.25, 0.3) is 11.1 Å². The molecule has 4 rings (SSSR count). The van der Waals surface area contributed by atoms with Crippen molar-refractivity contribution in [2.75, 3.05) is 0 Å². The van der Waals surface area contributed by atoms with Crippen molar-refractivity contribution in [1.82, 2.24) is 0 Å². The maximum Gasteiger partial charge on any atom is 0.193 e. The molecule has 4 heteroatoms. The zero-order valence-electron chi connectivity index (χ0n) is 24.2. The highest BCUT2D eigenvalue weighted by Gasteiger charge is 2.42. The topological polar surface area (TPSA) is 18.5 Å². The van der Waals surface area contributed by atoms with Crippen molar-refractivity contribution in [2.24, 2.45) is 0 Å². The number of hydrogen-bond acceptors (Lipinski definition) is 2. The Morgan fingerprint density at radius 3 is 1.25 bits per heavy atom. The van der Waals surface area contributed by atoms with Crippen LogP contribution in [0.1, 0.15) is 88.8 Å². The number of allylic oxidation sites excluding steroid dienone is 2. The van der Waals surface area contributed by atoms with Crippen LogP contribution in [0.2, 0.25) is 36.3 Å². The van der Waals surface area contributed by atoms with Crippen LogP contribution in [-0.4, -0.2) is 16.6 Å². The van der Waals surface area contributed by atoms with E-state index in [4.69, 9.17) is 8.85 Å². The first-order chi connectivity index (χ1) is 16.6. The second-order valence-electron chi connectivity index (χ2n) is 13.7. The largest absolute Gasteiger partial charge is 0.406 e. The Bertz CT molecular complexity index is 1080. The number of hydrogen-bond donors (Lipinski definition) is 0. The molecule has 2 nitrogen and oxygen atoms in total. The molecule has 0 radical (unpaired) electrons. The first-order valence-corrected chi connectivity index (χ1v) is 19.4. The highest BCUT2D eigenvalue weighted by Crippen LogP contribution is 2.48. The summed E-state index contributed by atoms with van der Waals surface area (Å²) in [6.45, 7) is 23.3. The van der Waals surface area contributed by atoms with E-state index in [1.807, 2.05) is 0 Å². The van der Waals surface area contributed by atoms with E-state index < -0.39 is 16.6 Å². The van der Waals surface area contributed by atoms with Gasteiger partial charge in [0.15, 0.2) is 16.6 Å². The van der Waals surface area contributed by atoms with Gasteiger partial charge in [-0.2, -0.15) is 0 Å². The Morgan fingerprint density at radius 2 is 0.917 bits per heavy atom. The predicted octanol–water partition coefficient (Wildman–Crippen LogP) is 10.1. The van der Waals surface area contributed by atoms with Gasteiger partial charge in [0, 0.05) is 0 Å². The second-order valence-corrected chi connectivity index (χ2v) is 23.2.